The van der Waals surface area contributed by atoms with Crippen LogP contribution in [0.3, 0.4) is 0 Å². The van der Waals surface area contributed by atoms with Gasteiger partial charge in [0, 0.05) is 0 Å². The van der Waals surface area contributed by atoms with Gasteiger partial charge >= 0.3 is 0 Å². The molecule has 0 aliphatic carbocycles. The van der Waals surface area contributed by atoms with Crippen LogP contribution in [0.2, 0.25) is 5.15 Å². The SMILES string of the molecule is Nc1ccccc1OCCS(=O)(=O)Nc1ccc(Cl)nc1. The van der Waals surface area contributed by atoms with E-state index in [0.29, 0.717) is 22.3 Å². The molecule has 1 aromatic carbocycles. The molecular formula is C13H14ClN3O3S. The van der Waals surface area contributed by atoms with Crippen molar-refractivity contribution >= 4 is 33.0 Å². The summed E-state index contributed by atoms with van der Waals surface area (Å²) in [6.07, 6.45) is 1.34. The second-order valence-electron chi connectivity index (χ2n) is 4.18. The van der Waals surface area contributed by atoms with Gasteiger partial charge in [-0.25, -0.2) is 13.4 Å². The summed E-state index contributed by atoms with van der Waals surface area (Å²) in [5.74, 6) is 0.255. The Hall–Kier alpha value is -1.99. The largest absolute Gasteiger partial charge is 0.490 e. The average molecular weight is 328 g/mol. The van der Waals surface area contributed by atoms with Crippen LogP contribution in [-0.4, -0.2) is 25.8 Å². The van der Waals surface area contributed by atoms with Gasteiger partial charge in [-0.15, -0.1) is 0 Å². The van der Waals surface area contributed by atoms with Crippen LogP contribution in [-0.2, 0) is 10.0 Å². The van der Waals surface area contributed by atoms with Crippen molar-refractivity contribution in [3.8, 4) is 5.75 Å². The van der Waals surface area contributed by atoms with Crippen molar-refractivity contribution in [1.29, 1.82) is 0 Å². The van der Waals surface area contributed by atoms with Gasteiger partial charge in [0.25, 0.3) is 0 Å². The molecule has 0 bridgehead atoms. The molecule has 0 aliphatic heterocycles. The van der Waals surface area contributed by atoms with Crippen molar-refractivity contribution in [3.05, 3.63) is 47.7 Å². The Morgan fingerprint density at radius 3 is 2.67 bits per heavy atom. The van der Waals surface area contributed by atoms with Gasteiger partial charge in [-0.3, -0.25) is 4.72 Å². The lowest BCUT2D eigenvalue weighted by molar-refractivity contribution is 0.343. The molecule has 0 aliphatic rings. The van der Waals surface area contributed by atoms with Gasteiger partial charge in [0.1, 0.15) is 23.3 Å². The first kappa shape index (κ1) is 15.4. The molecule has 2 rings (SSSR count). The number of anilines is 2. The van der Waals surface area contributed by atoms with Crippen molar-refractivity contribution in [1.82, 2.24) is 4.98 Å². The lowest BCUT2D eigenvalue weighted by atomic mass is 10.3. The lowest BCUT2D eigenvalue weighted by Gasteiger charge is -2.10. The van der Waals surface area contributed by atoms with E-state index in [-0.39, 0.29) is 12.4 Å². The molecule has 0 radical (unpaired) electrons. The zero-order chi connectivity index (χ0) is 15.3. The van der Waals surface area contributed by atoms with Crippen molar-refractivity contribution in [3.63, 3.8) is 0 Å². The highest BCUT2D eigenvalue weighted by Crippen LogP contribution is 2.19. The van der Waals surface area contributed by atoms with Gasteiger partial charge in [-0.1, -0.05) is 23.7 Å². The summed E-state index contributed by atoms with van der Waals surface area (Å²) in [7, 11) is -3.53. The fraction of sp³-hybridized carbons (Fsp3) is 0.154. The van der Waals surface area contributed by atoms with E-state index in [1.54, 1.807) is 24.3 Å². The molecule has 8 heteroatoms. The first-order valence-corrected chi connectivity index (χ1v) is 8.09. The molecule has 0 atom stereocenters. The number of halogens is 1. The van der Waals surface area contributed by atoms with Crippen molar-refractivity contribution < 1.29 is 13.2 Å². The number of rotatable bonds is 6. The molecule has 0 saturated heterocycles. The topological polar surface area (TPSA) is 94.3 Å². The number of nitrogens with zero attached hydrogens (tertiary/aromatic N) is 1. The average Bonchev–Trinajstić information content (AvgIpc) is 2.43. The number of pyridine rings is 1. The molecule has 0 saturated carbocycles. The van der Waals surface area contributed by atoms with Crippen molar-refractivity contribution in [2.45, 2.75) is 0 Å². The van der Waals surface area contributed by atoms with Crippen LogP contribution in [0.1, 0.15) is 0 Å². The standard InChI is InChI=1S/C13H14ClN3O3S/c14-13-6-5-10(9-16-13)17-21(18,19)8-7-20-12-4-2-1-3-11(12)15/h1-6,9,17H,7-8,15H2. The number of hydrogen-bond donors (Lipinski definition) is 2. The predicted molar refractivity (Wildman–Crippen MR) is 83.0 cm³/mol. The van der Waals surface area contributed by atoms with Crippen LogP contribution in [0.25, 0.3) is 0 Å². The van der Waals surface area contributed by atoms with E-state index < -0.39 is 10.0 Å². The zero-order valence-electron chi connectivity index (χ0n) is 11.0. The van der Waals surface area contributed by atoms with Crippen LogP contribution >= 0.6 is 11.6 Å². The maximum atomic E-state index is 11.9. The Balaban J connectivity index is 1.90. The number of nitrogens with one attached hydrogen (secondary N) is 1. The maximum Gasteiger partial charge on any atom is 0.236 e. The fourth-order valence-corrected chi connectivity index (χ4v) is 2.54. The fourth-order valence-electron chi connectivity index (χ4n) is 1.54. The molecule has 21 heavy (non-hydrogen) atoms. The van der Waals surface area contributed by atoms with Gasteiger partial charge in [-0.2, -0.15) is 0 Å². The summed E-state index contributed by atoms with van der Waals surface area (Å²) in [6.45, 7) is -0.00936. The summed E-state index contributed by atoms with van der Waals surface area (Å²) in [5.41, 5.74) is 6.51. The minimum absolute atomic E-state index is 0.00936. The van der Waals surface area contributed by atoms with Crippen LogP contribution in [0.5, 0.6) is 5.75 Å². The smallest absolute Gasteiger partial charge is 0.236 e. The number of hydrogen-bond acceptors (Lipinski definition) is 5. The second-order valence-corrected chi connectivity index (χ2v) is 6.41. The molecule has 1 heterocycles. The minimum Gasteiger partial charge on any atom is -0.490 e. The Morgan fingerprint density at radius 2 is 2.00 bits per heavy atom. The predicted octanol–water partition coefficient (Wildman–Crippen LogP) is 2.14. The number of benzene rings is 1. The molecule has 2 aromatic rings. The van der Waals surface area contributed by atoms with Crippen molar-refractivity contribution in [2.24, 2.45) is 0 Å². The van der Waals surface area contributed by atoms with E-state index in [9.17, 15) is 8.42 Å². The summed E-state index contributed by atoms with van der Waals surface area (Å²) in [4.78, 5) is 3.79. The highest BCUT2D eigenvalue weighted by atomic mass is 35.5. The third-order valence-electron chi connectivity index (χ3n) is 2.53. The highest BCUT2D eigenvalue weighted by molar-refractivity contribution is 7.92. The highest BCUT2D eigenvalue weighted by Gasteiger charge is 2.11. The first-order valence-electron chi connectivity index (χ1n) is 6.06. The second kappa shape index (κ2) is 6.64. The van der Waals surface area contributed by atoms with E-state index in [2.05, 4.69) is 9.71 Å². The number of ether oxygens (including phenoxy) is 1. The van der Waals surface area contributed by atoms with E-state index >= 15 is 0 Å². The molecule has 0 spiro atoms. The van der Waals surface area contributed by atoms with E-state index in [1.165, 1.54) is 18.3 Å². The summed E-state index contributed by atoms with van der Waals surface area (Å²) in [5, 5.41) is 0.292. The molecule has 0 amide bonds. The molecule has 0 unspecified atom stereocenters. The van der Waals surface area contributed by atoms with Crippen LogP contribution < -0.4 is 15.2 Å². The summed E-state index contributed by atoms with van der Waals surface area (Å²) in [6, 6.07) is 9.93. The van der Waals surface area contributed by atoms with Crippen LogP contribution in [0, 0.1) is 0 Å². The van der Waals surface area contributed by atoms with Gasteiger partial charge < -0.3 is 10.5 Å². The number of nitrogen functional groups attached to an aromatic ring is 1. The Morgan fingerprint density at radius 1 is 1.24 bits per heavy atom. The normalized spacial score (nSPS) is 11.1. The Bertz CT molecular complexity index is 705. The number of sulfonamides is 1. The van der Waals surface area contributed by atoms with Crippen LogP contribution in [0.4, 0.5) is 11.4 Å². The van der Waals surface area contributed by atoms with E-state index in [1.807, 2.05) is 0 Å². The van der Waals surface area contributed by atoms with Gasteiger partial charge in [0.2, 0.25) is 10.0 Å². The molecule has 6 nitrogen and oxygen atoms in total. The monoisotopic (exact) mass is 327 g/mol. The van der Waals surface area contributed by atoms with Gasteiger partial charge in [0.15, 0.2) is 0 Å². The molecule has 3 N–H and O–H groups in total. The molecule has 0 fully saturated rings. The number of nitrogens with two attached hydrogens (primary N) is 1. The molecular weight excluding hydrogens is 314 g/mol. The van der Waals surface area contributed by atoms with Crippen molar-refractivity contribution in [2.75, 3.05) is 22.8 Å². The number of para-hydroxylation sites is 2. The molecule has 1 aromatic heterocycles. The van der Waals surface area contributed by atoms with E-state index in [4.69, 9.17) is 22.1 Å². The first-order chi connectivity index (χ1) is 9.96. The van der Waals surface area contributed by atoms with Crippen LogP contribution in [0.15, 0.2) is 42.6 Å². The van der Waals surface area contributed by atoms with E-state index in [0.717, 1.165) is 0 Å². The minimum atomic E-state index is -3.53. The third-order valence-corrected chi connectivity index (χ3v) is 4.00. The zero-order valence-corrected chi connectivity index (χ0v) is 12.6. The maximum absolute atomic E-state index is 11.9. The number of aromatic nitrogens is 1. The Labute approximate surface area is 128 Å². The lowest BCUT2D eigenvalue weighted by Crippen LogP contribution is -2.21. The van der Waals surface area contributed by atoms with Gasteiger partial charge in [0.05, 0.1) is 17.6 Å². The summed E-state index contributed by atoms with van der Waals surface area (Å²) < 4.78 is 31.5. The molecule has 112 valence electrons. The third kappa shape index (κ3) is 4.80. The summed E-state index contributed by atoms with van der Waals surface area (Å²) >= 11 is 5.63. The van der Waals surface area contributed by atoms with Gasteiger partial charge in [-0.05, 0) is 24.3 Å². The Kier molecular flexibility index (Phi) is 4.87. The quantitative estimate of drug-likeness (QED) is 0.626.